The summed E-state index contributed by atoms with van der Waals surface area (Å²) in [5.74, 6) is 1.32. The first-order chi connectivity index (χ1) is 21.7. The van der Waals surface area contributed by atoms with Crippen molar-refractivity contribution in [1.82, 2.24) is 0 Å². The predicted molar refractivity (Wildman–Crippen MR) is 195 cm³/mol. The van der Waals surface area contributed by atoms with E-state index in [2.05, 4.69) is 137 Å². The van der Waals surface area contributed by atoms with Gasteiger partial charge in [-0.3, -0.25) is 0 Å². The van der Waals surface area contributed by atoms with E-state index < -0.39 is 31.3 Å². The molecule has 2 unspecified atom stereocenters. The van der Waals surface area contributed by atoms with Crippen molar-refractivity contribution >= 4 is 25.4 Å². The molecule has 0 amide bonds. The quantitative estimate of drug-likeness (QED) is 0.205. The van der Waals surface area contributed by atoms with Crippen molar-refractivity contribution < 1.29 is 48.0 Å². The number of fused-ring (bicyclic) bond motifs is 2. The van der Waals surface area contributed by atoms with Crippen LogP contribution in [0.25, 0.3) is 34.4 Å². The van der Waals surface area contributed by atoms with Crippen LogP contribution in [0.1, 0.15) is 93.9 Å². The monoisotopic (exact) mass is 752 g/mol. The number of hydrogen-bond donors (Lipinski definition) is 0. The number of allylic oxidation sites excluding steroid dienone is 2. The van der Waals surface area contributed by atoms with Gasteiger partial charge in [-0.05, 0) is 0 Å². The molecular formula is C43H48Cl2SiZr. The van der Waals surface area contributed by atoms with E-state index in [1.54, 1.807) is 22.3 Å². The molecule has 1 saturated carbocycles. The molecule has 3 aliphatic rings. The van der Waals surface area contributed by atoms with Gasteiger partial charge in [-0.15, -0.1) is 0 Å². The fourth-order valence-electron chi connectivity index (χ4n) is 8.04. The summed E-state index contributed by atoms with van der Waals surface area (Å²) in [5.41, 5.74) is 16.6. The molecule has 7 rings (SSSR count). The Hall–Kier alpha value is -1.96. The first kappa shape index (κ1) is 36.3. The van der Waals surface area contributed by atoms with Crippen LogP contribution in [0.3, 0.4) is 0 Å². The smallest absolute Gasteiger partial charge is 1.00 e. The van der Waals surface area contributed by atoms with Gasteiger partial charge < -0.3 is 24.8 Å². The summed E-state index contributed by atoms with van der Waals surface area (Å²) >= 11 is -0.944. The van der Waals surface area contributed by atoms with Gasteiger partial charge in [0.15, 0.2) is 0 Å². The van der Waals surface area contributed by atoms with Crippen LogP contribution >= 0.6 is 0 Å². The molecular weight excluding hydrogens is 707 g/mol. The van der Waals surface area contributed by atoms with Crippen molar-refractivity contribution in [3.8, 4) is 22.3 Å². The Morgan fingerprint density at radius 3 is 1.72 bits per heavy atom. The minimum atomic E-state index is -1.31. The van der Waals surface area contributed by atoms with Crippen molar-refractivity contribution in [2.24, 2.45) is 5.92 Å². The van der Waals surface area contributed by atoms with Gasteiger partial charge in [-0.1, -0.05) is 0 Å². The van der Waals surface area contributed by atoms with Gasteiger partial charge in [0, 0.05) is 0 Å². The zero-order valence-corrected chi connectivity index (χ0v) is 33.8. The van der Waals surface area contributed by atoms with Crippen LogP contribution in [0.4, 0.5) is 0 Å². The standard InChI is InChI=1S/C24H27.C19H21Si.2ClH.Zr/c1-17(2)18-11-13-20(14-12-18)23-10-6-9-21-15-22(16-24(21)23)19-7-4-3-5-8-19;1-14-12-16-6-5-7-18(19(16)13-14)15-8-10-17(11-9-15)20(2,3)4;;;/h6,9-17,19H,3-5,7-8H2,1-2H3;5-13H,1-4H3;2*1H;/q;;;;+2/p-2. The number of hydrogen-bond acceptors (Lipinski definition) is 0. The van der Waals surface area contributed by atoms with Crippen molar-refractivity contribution in [3.63, 3.8) is 0 Å². The third-order valence-corrected chi connectivity index (χ3v) is 17.9. The van der Waals surface area contributed by atoms with Crippen molar-refractivity contribution in [3.05, 3.63) is 124 Å². The van der Waals surface area contributed by atoms with Gasteiger partial charge in [0.2, 0.25) is 0 Å². The first-order valence-corrected chi connectivity index (χ1v) is 23.7. The molecule has 1 fully saturated rings. The SMILES string of the molecule is CC1=Cc2c(-c3ccc([Si](C)(C)C)cc3)cccc2[CH]1[Zr+2][CH]1C(C2CCCCC2)=Cc2c(-c3ccc(C(C)C)cc3)cccc21.[Cl-].[Cl-]. The third kappa shape index (κ3) is 7.19. The van der Waals surface area contributed by atoms with Crippen LogP contribution in [0.2, 0.25) is 19.6 Å². The molecule has 0 N–H and O–H groups in total. The number of halogens is 2. The van der Waals surface area contributed by atoms with E-state index in [0.717, 1.165) is 5.92 Å². The molecule has 47 heavy (non-hydrogen) atoms. The zero-order valence-electron chi connectivity index (χ0n) is 28.8. The summed E-state index contributed by atoms with van der Waals surface area (Å²) in [6, 6.07) is 33.3. The van der Waals surface area contributed by atoms with Gasteiger partial charge in [0.1, 0.15) is 0 Å². The Morgan fingerprint density at radius 1 is 0.638 bits per heavy atom. The Bertz CT molecular complexity index is 1770. The molecule has 0 bridgehead atoms. The maximum Gasteiger partial charge on any atom is -1.00 e. The molecule has 0 aliphatic heterocycles. The second kappa shape index (κ2) is 14.9. The van der Waals surface area contributed by atoms with Gasteiger partial charge in [-0.2, -0.15) is 0 Å². The molecule has 0 nitrogen and oxygen atoms in total. The minimum absolute atomic E-state index is 0. The molecule has 4 aromatic rings. The van der Waals surface area contributed by atoms with E-state index >= 15 is 0 Å². The van der Waals surface area contributed by atoms with E-state index in [1.165, 1.54) is 76.2 Å². The molecule has 0 aromatic heterocycles. The van der Waals surface area contributed by atoms with Gasteiger partial charge in [-0.25, -0.2) is 0 Å². The number of benzene rings is 4. The van der Waals surface area contributed by atoms with E-state index in [1.807, 2.05) is 0 Å². The van der Waals surface area contributed by atoms with Crippen molar-refractivity contribution in [2.75, 3.05) is 0 Å². The topological polar surface area (TPSA) is 0 Å². The minimum Gasteiger partial charge on any atom is -1.00 e. The fourth-order valence-corrected chi connectivity index (χ4v) is 14.3. The number of rotatable bonds is 7. The second-order valence-electron chi connectivity index (χ2n) is 15.1. The molecule has 0 spiro atoms. The molecule has 4 heteroatoms. The van der Waals surface area contributed by atoms with Crippen molar-refractivity contribution in [1.29, 1.82) is 0 Å². The predicted octanol–water partition coefficient (Wildman–Crippen LogP) is 5.96. The molecule has 0 radical (unpaired) electrons. The summed E-state index contributed by atoms with van der Waals surface area (Å²) in [6.07, 6.45) is 12.2. The van der Waals surface area contributed by atoms with Gasteiger partial charge >= 0.3 is 286 Å². The molecule has 2 atom stereocenters. The van der Waals surface area contributed by atoms with E-state index in [4.69, 9.17) is 0 Å². The summed E-state index contributed by atoms with van der Waals surface area (Å²) in [4.78, 5) is 0. The summed E-state index contributed by atoms with van der Waals surface area (Å²) < 4.78 is 1.28. The largest absolute Gasteiger partial charge is 1.00 e. The Balaban J connectivity index is 0.00000217. The summed E-state index contributed by atoms with van der Waals surface area (Å²) in [7, 11) is -1.31. The Morgan fingerprint density at radius 2 is 1.17 bits per heavy atom. The Labute approximate surface area is 309 Å². The average Bonchev–Trinajstić information content (AvgIpc) is 3.58. The molecule has 0 heterocycles. The maximum atomic E-state index is 2.69. The molecule has 242 valence electrons. The zero-order chi connectivity index (χ0) is 31.3. The second-order valence-corrected chi connectivity index (χ2v) is 23.9. The molecule has 3 aliphatic carbocycles. The van der Waals surface area contributed by atoms with Gasteiger partial charge in [0.25, 0.3) is 0 Å². The van der Waals surface area contributed by atoms with Crippen LogP contribution in [-0.2, 0) is 23.2 Å². The van der Waals surface area contributed by atoms with E-state index in [0.29, 0.717) is 13.2 Å². The van der Waals surface area contributed by atoms with Crippen LogP contribution in [0, 0.1) is 5.92 Å². The first-order valence-electron chi connectivity index (χ1n) is 17.3. The van der Waals surface area contributed by atoms with E-state index in [9.17, 15) is 0 Å². The normalized spacial score (nSPS) is 18.8. The summed E-state index contributed by atoms with van der Waals surface area (Å²) in [5, 5.41) is 1.54. The fraction of sp³-hybridized carbons (Fsp3) is 0.349. The van der Waals surface area contributed by atoms with Crippen LogP contribution < -0.4 is 30.0 Å². The van der Waals surface area contributed by atoms with Crippen LogP contribution in [0.5, 0.6) is 0 Å². The van der Waals surface area contributed by atoms with Crippen LogP contribution in [-0.4, -0.2) is 8.07 Å². The Kier molecular flexibility index (Phi) is 11.5. The molecule has 0 saturated heterocycles. The van der Waals surface area contributed by atoms with Crippen molar-refractivity contribution in [2.45, 2.75) is 85.7 Å². The van der Waals surface area contributed by atoms with Crippen LogP contribution in [0.15, 0.2) is 96.1 Å². The molecule has 4 aromatic carbocycles. The van der Waals surface area contributed by atoms with Gasteiger partial charge in [0.05, 0.1) is 0 Å². The third-order valence-electron chi connectivity index (χ3n) is 10.7. The summed E-state index contributed by atoms with van der Waals surface area (Å²) in [6.45, 7) is 14.3. The maximum absolute atomic E-state index is 2.69. The van der Waals surface area contributed by atoms with E-state index in [-0.39, 0.29) is 24.8 Å². The average molecular weight is 755 g/mol.